The molecule has 0 saturated carbocycles. The quantitative estimate of drug-likeness (QED) is 0.366. The molecule has 2 aromatic rings. The van der Waals surface area contributed by atoms with Gasteiger partial charge in [-0.2, -0.15) is 0 Å². The zero-order valence-electron chi connectivity index (χ0n) is 6.60. The van der Waals surface area contributed by atoms with Crippen molar-refractivity contribution in [3.63, 3.8) is 0 Å². The average Bonchev–Trinajstić information content (AvgIpc) is 2.48. The minimum absolute atomic E-state index is 0.375. The molecule has 0 saturated heterocycles. The first kappa shape index (κ1) is 8.62. The van der Waals surface area contributed by atoms with Gasteiger partial charge in [-0.3, -0.25) is 0 Å². The van der Waals surface area contributed by atoms with Gasteiger partial charge >= 0.3 is 7.12 Å². The van der Waals surface area contributed by atoms with Gasteiger partial charge in [0.25, 0.3) is 0 Å². The fourth-order valence-corrected chi connectivity index (χ4v) is 1.50. The van der Waals surface area contributed by atoms with Gasteiger partial charge in [-0.1, -0.05) is 0 Å². The average molecular weight is 194 g/mol. The van der Waals surface area contributed by atoms with E-state index in [0.717, 1.165) is 11.0 Å². The first-order valence-electron chi connectivity index (χ1n) is 3.70. The minimum Gasteiger partial charge on any atom is -0.423 e. The van der Waals surface area contributed by atoms with E-state index in [-0.39, 0.29) is 0 Å². The Kier molecular flexibility index (Phi) is 2.03. The Morgan fingerprint density at radius 1 is 1.38 bits per heavy atom. The number of fused-ring (bicyclic) bond motifs is 1. The number of imidazole rings is 1. The van der Waals surface area contributed by atoms with E-state index in [1.54, 1.807) is 18.5 Å². The normalized spacial score (nSPS) is 10.7. The molecule has 66 valence electrons. The lowest BCUT2D eigenvalue weighted by Gasteiger charge is -2.02. The minimum atomic E-state index is -1.50. The van der Waals surface area contributed by atoms with Crippen LogP contribution in [0.1, 0.15) is 0 Å². The molecule has 0 bridgehead atoms. The molecule has 0 aliphatic rings. The summed E-state index contributed by atoms with van der Waals surface area (Å²) in [6.45, 7) is 0. The van der Waals surface area contributed by atoms with Crippen molar-refractivity contribution in [2.75, 3.05) is 0 Å². The molecule has 0 fully saturated rings. The van der Waals surface area contributed by atoms with Crippen molar-refractivity contribution in [3.05, 3.63) is 18.5 Å². The number of hydrogen-bond donors (Lipinski definition) is 4. The van der Waals surface area contributed by atoms with E-state index >= 15 is 0 Å². The first-order valence-corrected chi connectivity index (χ1v) is 4.15. The molecule has 13 heavy (non-hydrogen) atoms. The highest BCUT2D eigenvalue weighted by atomic mass is 32.1. The Morgan fingerprint density at radius 2 is 2.15 bits per heavy atom. The van der Waals surface area contributed by atoms with Crippen LogP contribution in [0.5, 0.6) is 0 Å². The van der Waals surface area contributed by atoms with Crippen molar-refractivity contribution in [2.45, 2.75) is 4.90 Å². The molecule has 4 nitrogen and oxygen atoms in total. The maximum Gasteiger partial charge on any atom is 0.489 e. The van der Waals surface area contributed by atoms with Crippen molar-refractivity contribution in [1.29, 1.82) is 0 Å². The molecule has 6 heteroatoms. The standard InChI is InChI=1S/C7H7BN2O2S/c11-8(12)4-1-5-6(2-7(4)13)10-3-9-5/h1-3,11-13H,(H,9,10). The van der Waals surface area contributed by atoms with E-state index in [1.165, 1.54) is 0 Å². The highest BCUT2D eigenvalue weighted by Gasteiger charge is 2.15. The monoisotopic (exact) mass is 194 g/mol. The molecule has 1 aromatic carbocycles. The van der Waals surface area contributed by atoms with Gasteiger partial charge in [0, 0.05) is 4.90 Å². The third-order valence-electron chi connectivity index (χ3n) is 1.85. The van der Waals surface area contributed by atoms with Crippen LogP contribution in [0.15, 0.2) is 23.4 Å². The number of nitrogens with one attached hydrogen (secondary N) is 1. The van der Waals surface area contributed by atoms with Crippen LogP contribution >= 0.6 is 12.6 Å². The zero-order chi connectivity index (χ0) is 9.42. The zero-order valence-corrected chi connectivity index (χ0v) is 7.49. The van der Waals surface area contributed by atoms with Gasteiger partial charge in [0.1, 0.15) is 0 Å². The summed E-state index contributed by atoms with van der Waals surface area (Å²) >= 11 is 4.11. The van der Waals surface area contributed by atoms with Crippen LogP contribution in [-0.4, -0.2) is 27.1 Å². The van der Waals surface area contributed by atoms with Gasteiger partial charge in [-0.25, -0.2) is 4.98 Å². The van der Waals surface area contributed by atoms with E-state index < -0.39 is 7.12 Å². The molecule has 0 radical (unpaired) electrons. The molecule has 0 atom stereocenters. The fourth-order valence-electron chi connectivity index (χ4n) is 1.19. The Hall–Kier alpha value is -0.975. The maximum atomic E-state index is 8.97. The Bertz CT molecular complexity index is 443. The van der Waals surface area contributed by atoms with E-state index in [2.05, 4.69) is 22.6 Å². The van der Waals surface area contributed by atoms with E-state index in [0.29, 0.717) is 10.4 Å². The van der Waals surface area contributed by atoms with Crippen molar-refractivity contribution < 1.29 is 10.0 Å². The molecule has 0 unspecified atom stereocenters. The Labute approximate surface area is 80.2 Å². The number of benzene rings is 1. The molecular formula is C7H7BN2O2S. The predicted molar refractivity (Wildman–Crippen MR) is 53.2 cm³/mol. The van der Waals surface area contributed by atoms with Crippen LogP contribution in [-0.2, 0) is 0 Å². The van der Waals surface area contributed by atoms with Crippen LogP contribution in [0.4, 0.5) is 0 Å². The molecule has 2 rings (SSSR count). The van der Waals surface area contributed by atoms with Crippen molar-refractivity contribution in [1.82, 2.24) is 9.97 Å². The summed E-state index contributed by atoms with van der Waals surface area (Å²) in [5.41, 5.74) is 1.90. The van der Waals surface area contributed by atoms with Gasteiger partial charge in [-0.15, -0.1) is 12.6 Å². The van der Waals surface area contributed by atoms with Gasteiger partial charge in [0.15, 0.2) is 0 Å². The summed E-state index contributed by atoms with van der Waals surface area (Å²) < 4.78 is 0. The highest BCUT2D eigenvalue weighted by molar-refractivity contribution is 7.80. The molecule has 1 aromatic heterocycles. The summed E-state index contributed by atoms with van der Waals surface area (Å²) in [6, 6.07) is 3.30. The lowest BCUT2D eigenvalue weighted by atomic mass is 9.80. The maximum absolute atomic E-state index is 8.97. The van der Waals surface area contributed by atoms with Crippen molar-refractivity contribution in [2.24, 2.45) is 0 Å². The molecule has 1 heterocycles. The number of rotatable bonds is 1. The second-order valence-electron chi connectivity index (χ2n) is 2.70. The number of aromatic nitrogens is 2. The number of H-pyrrole nitrogens is 1. The topological polar surface area (TPSA) is 69.1 Å². The SMILES string of the molecule is OB(O)c1cc2[nH]cnc2cc1S. The summed E-state index contributed by atoms with van der Waals surface area (Å²) in [5, 5.41) is 17.9. The number of hydrogen-bond acceptors (Lipinski definition) is 4. The molecule has 0 aliphatic heterocycles. The van der Waals surface area contributed by atoms with Gasteiger partial charge in [0.05, 0.1) is 17.4 Å². The van der Waals surface area contributed by atoms with Crippen LogP contribution in [0.25, 0.3) is 11.0 Å². The van der Waals surface area contributed by atoms with Crippen molar-refractivity contribution >= 4 is 36.2 Å². The largest absolute Gasteiger partial charge is 0.489 e. The second kappa shape index (κ2) is 3.06. The molecule has 3 N–H and O–H groups in total. The summed E-state index contributed by atoms with van der Waals surface area (Å²) in [5.74, 6) is 0. The molecule has 0 spiro atoms. The first-order chi connectivity index (χ1) is 6.18. The summed E-state index contributed by atoms with van der Waals surface area (Å²) in [4.78, 5) is 7.41. The van der Waals surface area contributed by atoms with Crippen molar-refractivity contribution in [3.8, 4) is 0 Å². The second-order valence-corrected chi connectivity index (χ2v) is 3.19. The summed E-state index contributed by atoms with van der Waals surface area (Å²) in [7, 11) is -1.50. The van der Waals surface area contributed by atoms with Crippen LogP contribution < -0.4 is 5.46 Å². The summed E-state index contributed by atoms with van der Waals surface area (Å²) in [6.07, 6.45) is 1.55. The molecular weight excluding hydrogens is 187 g/mol. The Balaban J connectivity index is 2.69. The van der Waals surface area contributed by atoms with Gasteiger partial charge in [0.2, 0.25) is 0 Å². The third kappa shape index (κ3) is 1.43. The van der Waals surface area contributed by atoms with Crippen LogP contribution in [0.2, 0.25) is 0 Å². The van der Waals surface area contributed by atoms with E-state index in [9.17, 15) is 0 Å². The molecule has 0 aliphatic carbocycles. The number of aromatic amines is 1. The van der Waals surface area contributed by atoms with Crippen LogP contribution in [0.3, 0.4) is 0 Å². The smallest absolute Gasteiger partial charge is 0.423 e. The fraction of sp³-hybridized carbons (Fsp3) is 0. The van der Waals surface area contributed by atoms with E-state index in [1.807, 2.05) is 0 Å². The highest BCUT2D eigenvalue weighted by Crippen LogP contribution is 2.12. The third-order valence-corrected chi connectivity index (χ3v) is 2.23. The lowest BCUT2D eigenvalue weighted by Crippen LogP contribution is -2.31. The number of thiol groups is 1. The van der Waals surface area contributed by atoms with Crippen LogP contribution in [0, 0.1) is 0 Å². The van der Waals surface area contributed by atoms with Gasteiger partial charge < -0.3 is 15.0 Å². The predicted octanol–water partition coefficient (Wildman–Crippen LogP) is -0.469. The lowest BCUT2D eigenvalue weighted by molar-refractivity contribution is 0.425. The molecule has 0 amide bonds. The van der Waals surface area contributed by atoms with Gasteiger partial charge in [-0.05, 0) is 17.6 Å². The Morgan fingerprint density at radius 3 is 2.85 bits per heavy atom. The number of nitrogens with zero attached hydrogens (tertiary/aromatic N) is 1. The van der Waals surface area contributed by atoms with E-state index in [4.69, 9.17) is 10.0 Å².